The van der Waals surface area contributed by atoms with Crippen molar-refractivity contribution in [3.05, 3.63) is 55.1 Å². The highest BCUT2D eigenvalue weighted by Gasteiger charge is 2.42. The SMILES string of the molecule is CC(=O)N1c2c(Cl)cc(F)c(-n3c(=O)cc(C(F)(F)F)n(C)c3=O)c2CS1(=O)=O. The maximum absolute atomic E-state index is 14.7. The smallest absolute Gasteiger partial charge is 0.292 e. The number of benzene rings is 1. The van der Waals surface area contributed by atoms with Gasteiger partial charge in [0, 0.05) is 25.6 Å². The van der Waals surface area contributed by atoms with Crippen molar-refractivity contribution in [1.82, 2.24) is 9.13 Å². The number of carbonyl (C=O) groups excluding carboxylic acids is 1. The van der Waals surface area contributed by atoms with E-state index in [1.165, 1.54) is 0 Å². The fraction of sp³-hybridized carbons (Fsp3) is 0.267. The summed E-state index contributed by atoms with van der Waals surface area (Å²) in [6.45, 7) is 0.898. The van der Waals surface area contributed by atoms with E-state index in [1.54, 1.807) is 0 Å². The van der Waals surface area contributed by atoms with Crippen LogP contribution in [0.3, 0.4) is 0 Å². The summed E-state index contributed by atoms with van der Waals surface area (Å²) in [7, 11) is -3.64. The molecule has 0 unspecified atom stereocenters. The minimum absolute atomic E-state index is 0.0683. The maximum Gasteiger partial charge on any atom is 0.431 e. The number of halogens is 5. The van der Waals surface area contributed by atoms with E-state index in [9.17, 15) is 40.4 Å². The summed E-state index contributed by atoms with van der Waals surface area (Å²) in [5.74, 6) is -3.31. The molecule has 2 aromatic rings. The number of alkyl halides is 3. The Balaban J connectivity index is 2.46. The van der Waals surface area contributed by atoms with Crippen LogP contribution in [0.15, 0.2) is 21.7 Å². The number of fused-ring (bicyclic) bond motifs is 1. The summed E-state index contributed by atoms with van der Waals surface area (Å²) in [5.41, 5.74) is -6.54. The first-order chi connectivity index (χ1) is 13.2. The zero-order valence-electron chi connectivity index (χ0n) is 14.5. The van der Waals surface area contributed by atoms with Gasteiger partial charge >= 0.3 is 11.9 Å². The first kappa shape index (κ1) is 21.0. The number of hydrogen-bond acceptors (Lipinski definition) is 5. The van der Waals surface area contributed by atoms with Crippen molar-refractivity contribution >= 4 is 33.2 Å². The number of hydrogen-bond donors (Lipinski definition) is 0. The van der Waals surface area contributed by atoms with Crippen molar-refractivity contribution in [2.24, 2.45) is 7.05 Å². The molecule has 8 nitrogen and oxygen atoms in total. The minimum atomic E-state index is -5.04. The van der Waals surface area contributed by atoms with Crippen molar-refractivity contribution in [3.63, 3.8) is 0 Å². The number of anilines is 1. The molecule has 0 spiro atoms. The number of rotatable bonds is 1. The van der Waals surface area contributed by atoms with Gasteiger partial charge in [-0.05, 0) is 6.07 Å². The molecule has 0 saturated carbocycles. The highest BCUT2D eigenvalue weighted by molar-refractivity contribution is 7.93. The standard InChI is InChI=1S/C15H10ClF4N3O5S/c1-6(24)23-12-7(5-29(23,27)28)13(9(17)3-8(12)16)22-11(25)4-10(15(18,19)20)21(2)14(22)26/h3-4H,5H2,1-2H3. The van der Waals surface area contributed by atoms with Crippen LogP contribution in [-0.4, -0.2) is 23.5 Å². The summed E-state index contributed by atoms with van der Waals surface area (Å²) in [5, 5.41) is -0.491. The van der Waals surface area contributed by atoms with Gasteiger partial charge in [-0.3, -0.25) is 14.2 Å². The molecule has 0 fully saturated rings. The number of aromatic nitrogens is 2. The number of amides is 1. The van der Waals surface area contributed by atoms with E-state index in [0.717, 1.165) is 6.92 Å². The molecule has 0 atom stereocenters. The number of nitrogens with zero attached hydrogens (tertiary/aromatic N) is 3. The number of sulfonamides is 1. The third kappa shape index (κ3) is 3.13. The van der Waals surface area contributed by atoms with Crippen LogP contribution in [0, 0.1) is 5.82 Å². The fourth-order valence-electron chi connectivity index (χ4n) is 3.09. The van der Waals surface area contributed by atoms with Crippen molar-refractivity contribution in [3.8, 4) is 5.69 Å². The molecule has 0 N–H and O–H groups in total. The van der Waals surface area contributed by atoms with Crippen LogP contribution in [-0.2, 0) is 33.8 Å². The lowest BCUT2D eigenvalue weighted by Gasteiger charge is -2.18. The zero-order chi connectivity index (χ0) is 22.0. The van der Waals surface area contributed by atoms with Gasteiger partial charge in [0.05, 0.1) is 22.2 Å². The molecule has 3 rings (SSSR count). The molecule has 1 aliphatic heterocycles. The van der Waals surface area contributed by atoms with Crippen LogP contribution in [0.1, 0.15) is 18.2 Å². The molecule has 0 aliphatic carbocycles. The van der Waals surface area contributed by atoms with Gasteiger partial charge in [-0.2, -0.15) is 13.2 Å². The van der Waals surface area contributed by atoms with Crippen molar-refractivity contribution in [1.29, 1.82) is 0 Å². The highest BCUT2D eigenvalue weighted by atomic mass is 35.5. The third-order valence-electron chi connectivity index (χ3n) is 4.21. The Labute approximate surface area is 164 Å². The van der Waals surface area contributed by atoms with E-state index in [4.69, 9.17) is 11.6 Å². The van der Waals surface area contributed by atoms with E-state index < -0.39 is 72.6 Å². The topological polar surface area (TPSA) is 98.4 Å². The predicted octanol–water partition coefficient (Wildman–Crippen LogP) is 1.54. The van der Waals surface area contributed by atoms with Crippen molar-refractivity contribution in [2.45, 2.75) is 18.9 Å². The van der Waals surface area contributed by atoms with Gasteiger partial charge in [0.15, 0.2) is 0 Å². The number of carbonyl (C=O) groups is 1. The van der Waals surface area contributed by atoms with Gasteiger partial charge in [-0.15, -0.1) is 0 Å². The molecule has 2 heterocycles. The Morgan fingerprint density at radius 1 is 1.17 bits per heavy atom. The molecule has 0 saturated heterocycles. The van der Waals surface area contributed by atoms with Gasteiger partial charge < -0.3 is 0 Å². The summed E-state index contributed by atoms with van der Waals surface area (Å²) >= 11 is 5.88. The summed E-state index contributed by atoms with van der Waals surface area (Å²) in [6.07, 6.45) is -5.04. The molecule has 1 aromatic carbocycles. The normalized spacial score (nSPS) is 15.5. The van der Waals surface area contributed by atoms with Crippen LogP contribution in [0.2, 0.25) is 5.02 Å². The Bertz CT molecular complexity index is 1300. The quantitative estimate of drug-likeness (QED) is 0.608. The van der Waals surface area contributed by atoms with E-state index in [-0.39, 0.29) is 19.5 Å². The molecule has 0 radical (unpaired) electrons. The lowest BCUT2D eigenvalue weighted by molar-refractivity contribution is -0.144. The van der Waals surface area contributed by atoms with Crippen LogP contribution in [0.5, 0.6) is 0 Å². The molecule has 0 bridgehead atoms. The first-order valence-corrected chi connectivity index (χ1v) is 9.62. The minimum Gasteiger partial charge on any atom is -0.292 e. The zero-order valence-corrected chi connectivity index (χ0v) is 16.1. The van der Waals surface area contributed by atoms with Gasteiger partial charge in [-0.25, -0.2) is 26.5 Å². The predicted molar refractivity (Wildman–Crippen MR) is 93.0 cm³/mol. The monoisotopic (exact) mass is 455 g/mol. The lowest BCUT2D eigenvalue weighted by atomic mass is 10.1. The largest absolute Gasteiger partial charge is 0.431 e. The Hall–Kier alpha value is -2.67. The average molecular weight is 456 g/mol. The maximum atomic E-state index is 14.7. The Morgan fingerprint density at radius 2 is 1.76 bits per heavy atom. The second kappa shape index (κ2) is 6.42. The molecule has 1 amide bonds. The molecule has 1 aliphatic rings. The molecule has 156 valence electrons. The Kier molecular flexibility index (Phi) is 4.66. The van der Waals surface area contributed by atoms with E-state index in [1.807, 2.05) is 0 Å². The first-order valence-electron chi connectivity index (χ1n) is 7.63. The lowest BCUT2D eigenvalue weighted by Crippen LogP contribution is -2.41. The third-order valence-corrected chi connectivity index (χ3v) is 6.14. The van der Waals surface area contributed by atoms with Crippen molar-refractivity contribution in [2.75, 3.05) is 4.31 Å². The second-order valence-corrected chi connectivity index (χ2v) is 8.32. The van der Waals surface area contributed by atoms with Gasteiger partial charge in [0.2, 0.25) is 15.9 Å². The van der Waals surface area contributed by atoms with Gasteiger partial charge in [0.25, 0.3) is 5.56 Å². The van der Waals surface area contributed by atoms with E-state index in [0.29, 0.717) is 13.1 Å². The molecular weight excluding hydrogens is 446 g/mol. The van der Waals surface area contributed by atoms with Gasteiger partial charge in [-0.1, -0.05) is 11.6 Å². The van der Waals surface area contributed by atoms with E-state index >= 15 is 0 Å². The molecule has 14 heteroatoms. The van der Waals surface area contributed by atoms with Crippen LogP contribution in [0.4, 0.5) is 23.2 Å². The molecular formula is C15H10ClF4N3O5S. The van der Waals surface area contributed by atoms with Crippen LogP contribution in [0.25, 0.3) is 5.69 Å². The molecule has 1 aromatic heterocycles. The van der Waals surface area contributed by atoms with Crippen LogP contribution < -0.4 is 15.6 Å². The average Bonchev–Trinajstić information content (AvgIpc) is 2.84. The second-order valence-electron chi connectivity index (χ2n) is 6.10. The highest BCUT2D eigenvalue weighted by Crippen LogP contribution is 2.43. The Morgan fingerprint density at radius 3 is 2.28 bits per heavy atom. The summed E-state index contributed by atoms with van der Waals surface area (Å²) < 4.78 is 78.8. The molecule has 29 heavy (non-hydrogen) atoms. The summed E-state index contributed by atoms with van der Waals surface area (Å²) in [4.78, 5) is 36.5. The van der Waals surface area contributed by atoms with Crippen LogP contribution >= 0.6 is 11.6 Å². The van der Waals surface area contributed by atoms with Crippen molar-refractivity contribution < 1.29 is 30.8 Å². The van der Waals surface area contributed by atoms with E-state index in [2.05, 4.69) is 0 Å². The summed E-state index contributed by atoms with van der Waals surface area (Å²) in [6, 6.07) is 0.643. The van der Waals surface area contributed by atoms with Gasteiger partial charge in [0.1, 0.15) is 11.5 Å². The fourth-order valence-corrected chi connectivity index (χ4v) is 5.08.